The van der Waals surface area contributed by atoms with Crippen molar-refractivity contribution in [1.29, 1.82) is 0 Å². The monoisotopic (exact) mass is 409 g/mol. The summed E-state index contributed by atoms with van der Waals surface area (Å²) in [5.41, 5.74) is 6.38. The van der Waals surface area contributed by atoms with Crippen molar-refractivity contribution < 1.29 is 14.4 Å². The van der Waals surface area contributed by atoms with Crippen LogP contribution in [0.15, 0.2) is 29.0 Å². The molecule has 0 bridgehead atoms. The number of amides is 1. The van der Waals surface area contributed by atoms with Gasteiger partial charge in [0.25, 0.3) is 5.91 Å². The van der Waals surface area contributed by atoms with Gasteiger partial charge in [-0.2, -0.15) is 0 Å². The van der Waals surface area contributed by atoms with E-state index in [1.165, 1.54) is 11.2 Å². The fourth-order valence-corrected chi connectivity index (χ4v) is 4.31. The maximum atomic E-state index is 12.3. The lowest BCUT2D eigenvalue weighted by Crippen LogP contribution is -2.36. The van der Waals surface area contributed by atoms with Gasteiger partial charge in [-0.3, -0.25) is 4.79 Å². The Morgan fingerprint density at radius 2 is 2.17 bits per heavy atom. The Kier molecular flexibility index (Phi) is 4.31. The second-order valence-electron chi connectivity index (χ2n) is 8.03. The second kappa shape index (κ2) is 6.91. The highest BCUT2D eigenvalue weighted by Gasteiger charge is 2.48. The molecule has 156 valence electrons. The van der Waals surface area contributed by atoms with Gasteiger partial charge in [-0.05, 0) is 25.0 Å². The summed E-state index contributed by atoms with van der Waals surface area (Å²) >= 11 is 0. The number of hydrogen-bond donors (Lipinski definition) is 2. The lowest BCUT2D eigenvalue weighted by molar-refractivity contribution is -0.144. The quantitative estimate of drug-likeness (QED) is 0.650. The van der Waals surface area contributed by atoms with Crippen molar-refractivity contribution in [2.24, 2.45) is 0 Å². The van der Waals surface area contributed by atoms with Crippen LogP contribution in [0, 0.1) is 0 Å². The minimum absolute atomic E-state index is 0.107. The highest BCUT2D eigenvalue weighted by molar-refractivity contribution is 5.87. The number of fused-ring (bicyclic) bond motifs is 1. The SMILES string of the molecule is CN1CC[C@@](O)(c2cc([C@H]3CCCN(c4ccc5ncnc(N)c5n4)C3)no2)C1=O. The lowest BCUT2D eigenvalue weighted by atomic mass is 9.92. The molecule has 2 fully saturated rings. The average molecular weight is 409 g/mol. The van der Waals surface area contributed by atoms with Crippen molar-refractivity contribution in [2.75, 3.05) is 37.3 Å². The maximum absolute atomic E-state index is 12.3. The van der Waals surface area contributed by atoms with E-state index < -0.39 is 5.60 Å². The molecule has 0 spiro atoms. The molecule has 0 radical (unpaired) electrons. The van der Waals surface area contributed by atoms with Gasteiger partial charge in [0, 0.05) is 45.1 Å². The van der Waals surface area contributed by atoms with E-state index in [9.17, 15) is 9.90 Å². The zero-order valence-electron chi connectivity index (χ0n) is 16.7. The van der Waals surface area contributed by atoms with Crippen molar-refractivity contribution in [1.82, 2.24) is 25.0 Å². The van der Waals surface area contributed by atoms with E-state index in [-0.39, 0.29) is 17.6 Å². The molecular weight excluding hydrogens is 386 g/mol. The molecule has 0 unspecified atom stereocenters. The summed E-state index contributed by atoms with van der Waals surface area (Å²) in [6.07, 6.45) is 3.63. The predicted molar refractivity (Wildman–Crippen MR) is 109 cm³/mol. The minimum Gasteiger partial charge on any atom is -0.382 e. The smallest absolute Gasteiger partial charge is 0.262 e. The number of aliphatic hydroxyl groups is 1. The van der Waals surface area contributed by atoms with Crippen LogP contribution in [0.3, 0.4) is 0 Å². The van der Waals surface area contributed by atoms with Crippen molar-refractivity contribution >= 4 is 28.6 Å². The molecule has 2 aliphatic rings. The van der Waals surface area contributed by atoms with Gasteiger partial charge < -0.3 is 25.2 Å². The number of nitrogen functional groups attached to an aromatic ring is 1. The van der Waals surface area contributed by atoms with Crippen molar-refractivity contribution in [3.8, 4) is 0 Å². The molecule has 30 heavy (non-hydrogen) atoms. The highest BCUT2D eigenvalue weighted by Crippen LogP contribution is 2.36. The van der Waals surface area contributed by atoms with Crippen LogP contribution in [-0.4, -0.2) is 62.7 Å². The van der Waals surface area contributed by atoms with E-state index in [2.05, 4.69) is 25.0 Å². The van der Waals surface area contributed by atoms with Crippen molar-refractivity contribution in [3.05, 3.63) is 36.0 Å². The molecule has 0 aliphatic carbocycles. The Balaban J connectivity index is 1.38. The fourth-order valence-electron chi connectivity index (χ4n) is 4.31. The molecule has 5 rings (SSSR count). The number of likely N-dealkylation sites (N-methyl/N-ethyl adjacent to an activating group) is 1. The molecule has 2 atom stereocenters. The Morgan fingerprint density at radius 3 is 2.97 bits per heavy atom. The Labute approximate surface area is 172 Å². The molecule has 3 N–H and O–H groups in total. The molecule has 2 aliphatic heterocycles. The number of nitrogens with zero attached hydrogens (tertiary/aromatic N) is 6. The number of hydrogen-bond acceptors (Lipinski definition) is 9. The molecule has 0 aromatic carbocycles. The fraction of sp³-hybridized carbons (Fsp3) is 0.450. The van der Waals surface area contributed by atoms with E-state index in [1.54, 1.807) is 13.1 Å². The van der Waals surface area contributed by atoms with E-state index in [4.69, 9.17) is 10.3 Å². The van der Waals surface area contributed by atoms with Gasteiger partial charge in [0.2, 0.25) is 5.60 Å². The van der Waals surface area contributed by atoms with E-state index >= 15 is 0 Å². The Bertz CT molecular complexity index is 1120. The molecule has 2 saturated heterocycles. The van der Waals surface area contributed by atoms with Crippen LogP contribution in [0.4, 0.5) is 11.6 Å². The van der Waals surface area contributed by atoms with Gasteiger partial charge in [-0.15, -0.1) is 0 Å². The van der Waals surface area contributed by atoms with Crippen LogP contribution >= 0.6 is 0 Å². The Hall–Kier alpha value is -3.27. The highest BCUT2D eigenvalue weighted by atomic mass is 16.5. The van der Waals surface area contributed by atoms with Gasteiger partial charge in [-0.25, -0.2) is 15.0 Å². The number of rotatable bonds is 3. The molecule has 3 aromatic heterocycles. The third-order valence-electron chi connectivity index (χ3n) is 6.10. The first kappa shape index (κ1) is 18.7. The first-order valence-corrected chi connectivity index (χ1v) is 10.0. The number of aromatic nitrogens is 4. The molecule has 10 heteroatoms. The Morgan fingerprint density at radius 1 is 1.30 bits per heavy atom. The summed E-state index contributed by atoms with van der Waals surface area (Å²) in [5.74, 6) is 1.14. The van der Waals surface area contributed by atoms with Crippen molar-refractivity contribution in [3.63, 3.8) is 0 Å². The maximum Gasteiger partial charge on any atom is 0.262 e. The zero-order chi connectivity index (χ0) is 20.9. The summed E-state index contributed by atoms with van der Waals surface area (Å²) in [6, 6.07) is 5.55. The summed E-state index contributed by atoms with van der Waals surface area (Å²) in [7, 11) is 1.67. The second-order valence-corrected chi connectivity index (χ2v) is 8.03. The van der Waals surface area contributed by atoms with Crippen LogP contribution in [0.25, 0.3) is 11.0 Å². The standard InChI is InChI=1S/C20H23N7O3/c1-26-8-6-20(29,19(26)28)15-9-14(25-30-15)12-3-2-7-27(10-12)16-5-4-13-17(24-16)18(21)23-11-22-13/h4-5,9,11-12,29H,2-3,6-8,10H2,1H3,(H2,21,22,23)/t12-,20+/m0/s1. The topological polar surface area (TPSA) is 134 Å². The zero-order valence-corrected chi connectivity index (χ0v) is 16.7. The number of pyridine rings is 1. The molecular formula is C20H23N7O3. The first-order chi connectivity index (χ1) is 14.5. The molecule has 10 nitrogen and oxygen atoms in total. The van der Waals surface area contributed by atoms with E-state index in [0.29, 0.717) is 36.4 Å². The third kappa shape index (κ3) is 2.95. The van der Waals surface area contributed by atoms with E-state index in [1.807, 2.05) is 12.1 Å². The number of likely N-dealkylation sites (tertiary alicyclic amines) is 1. The lowest BCUT2D eigenvalue weighted by Gasteiger charge is -2.32. The number of piperidine rings is 1. The van der Waals surface area contributed by atoms with Gasteiger partial charge in [-0.1, -0.05) is 5.16 Å². The van der Waals surface area contributed by atoms with Gasteiger partial charge >= 0.3 is 0 Å². The summed E-state index contributed by atoms with van der Waals surface area (Å²) in [6.45, 7) is 2.05. The minimum atomic E-state index is -1.62. The molecule has 5 heterocycles. The predicted octanol–water partition coefficient (Wildman–Crippen LogP) is 1.03. The largest absolute Gasteiger partial charge is 0.382 e. The van der Waals surface area contributed by atoms with Crippen LogP contribution in [0.1, 0.15) is 36.6 Å². The first-order valence-electron chi connectivity index (χ1n) is 10.0. The third-order valence-corrected chi connectivity index (χ3v) is 6.10. The van der Waals surface area contributed by atoms with Crippen molar-refractivity contribution in [2.45, 2.75) is 30.8 Å². The molecule has 0 saturated carbocycles. The number of nitrogens with two attached hydrogens (primary N) is 1. The average Bonchev–Trinajstić information content (AvgIpc) is 3.37. The normalized spacial score (nSPS) is 24.7. The van der Waals surface area contributed by atoms with Gasteiger partial charge in [0.1, 0.15) is 17.7 Å². The molecule has 1 amide bonds. The number of anilines is 2. The summed E-state index contributed by atoms with van der Waals surface area (Å²) in [5, 5.41) is 15.0. The molecule has 3 aromatic rings. The van der Waals surface area contributed by atoms with Gasteiger partial charge in [0.15, 0.2) is 11.6 Å². The summed E-state index contributed by atoms with van der Waals surface area (Å²) < 4.78 is 5.42. The van der Waals surface area contributed by atoms with Crippen LogP contribution in [-0.2, 0) is 10.4 Å². The number of carbonyl (C=O) groups excluding carboxylic acids is 1. The van der Waals surface area contributed by atoms with Crippen LogP contribution in [0.5, 0.6) is 0 Å². The van der Waals surface area contributed by atoms with Gasteiger partial charge in [0.05, 0.1) is 11.2 Å². The van der Waals surface area contributed by atoms with Crippen LogP contribution in [0.2, 0.25) is 0 Å². The number of carbonyl (C=O) groups is 1. The van der Waals surface area contributed by atoms with E-state index in [0.717, 1.165) is 30.9 Å². The van der Waals surface area contributed by atoms with Crippen LogP contribution < -0.4 is 10.6 Å². The summed E-state index contributed by atoms with van der Waals surface area (Å²) in [4.78, 5) is 28.9.